The van der Waals surface area contributed by atoms with Crippen LogP contribution in [0.2, 0.25) is 5.02 Å². The van der Waals surface area contributed by atoms with Gasteiger partial charge in [0.25, 0.3) is 5.56 Å². The molecule has 0 spiro atoms. The third-order valence-corrected chi connectivity index (χ3v) is 8.66. The van der Waals surface area contributed by atoms with Gasteiger partial charge in [0.2, 0.25) is 0 Å². The van der Waals surface area contributed by atoms with E-state index in [4.69, 9.17) is 16.3 Å². The number of ether oxygens (including phenoxy) is 1. The molecular formula is C29H30ClFN4O2. The molecule has 37 heavy (non-hydrogen) atoms. The van der Waals surface area contributed by atoms with Gasteiger partial charge >= 0.3 is 0 Å². The smallest absolute Gasteiger partial charge is 0.255 e. The molecular weight excluding hydrogens is 491 g/mol. The molecule has 2 bridgehead atoms. The Labute approximate surface area is 219 Å². The van der Waals surface area contributed by atoms with E-state index in [1.165, 1.54) is 6.20 Å². The molecule has 1 saturated carbocycles. The van der Waals surface area contributed by atoms with E-state index in [0.717, 1.165) is 59.8 Å². The molecule has 1 aliphatic carbocycles. The van der Waals surface area contributed by atoms with Crippen molar-refractivity contribution < 1.29 is 9.13 Å². The van der Waals surface area contributed by atoms with Crippen molar-refractivity contribution in [2.24, 2.45) is 7.05 Å². The number of aromatic nitrogens is 3. The predicted molar refractivity (Wildman–Crippen MR) is 143 cm³/mol. The predicted octanol–water partition coefficient (Wildman–Crippen LogP) is 5.39. The van der Waals surface area contributed by atoms with Crippen LogP contribution in [0.1, 0.15) is 48.9 Å². The number of aryl methyl sites for hydroxylation is 3. The zero-order valence-electron chi connectivity index (χ0n) is 21.1. The number of hydrogen-bond donors (Lipinski definition) is 1. The van der Waals surface area contributed by atoms with E-state index in [-0.39, 0.29) is 22.5 Å². The van der Waals surface area contributed by atoms with E-state index in [9.17, 15) is 9.18 Å². The van der Waals surface area contributed by atoms with Crippen LogP contribution in [0.5, 0.6) is 0 Å². The van der Waals surface area contributed by atoms with Gasteiger partial charge in [0.15, 0.2) is 0 Å². The van der Waals surface area contributed by atoms with Crippen molar-refractivity contribution in [2.45, 2.75) is 63.1 Å². The summed E-state index contributed by atoms with van der Waals surface area (Å²) in [5.41, 5.74) is 4.01. The molecule has 4 aromatic rings. The summed E-state index contributed by atoms with van der Waals surface area (Å²) in [5.74, 6) is -0.302. The quantitative estimate of drug-likeness (QED) is 0.369. The highest BCUT2D eigenvalue weighted by atomic mass is 35.5. The number of pyridine rings is 3. The molecule has 6 nitrogen and oxygen atoms in total. The first-order chi connectivity index (χ1) is 17.8. The van der Waals surface area contributed by atoms with E-state index >= 15 is 0 Å². The molecule has 3 aromatic heterocycles. The van der Waals surface area contributed by atoms with Crippen LogP contribution in [-0.4, -0.2) is 32.3 Å². The van der Waals surface area contributed by atoms with Crippen molar-refractivity contribution >= 4 is 33.5 Å². The standard InChI is InChI=1S/C29H30ClFN4O2/c1-18-3-6-24-26(34-18)22(23(31)16-32-24)7-8-29-11-9-28(10-12-29,17-37-29)33-15-20-13-19-4-5-21(30)14-25(19)35(2)27(20)36/h3-6,13-14,16,33H,7-12,15,17H2,1-2H3. The van der Waals surface area contributed by atoms with Gasteiger partial charge in [-0.2, -0.15) is 0 Å². The van der Waals surface area contributed by atoms with Crippen molar-refractivity contribution in [1.29, 1.82) is 0 Å². The van der Waals surface area contributed by atoms with Crippen molar-refractivity contribution in [3.63, 3.8) is 0 Å². The van der Waals surface area contributed by atoms with Crippen LogP contribution in [0, 0.1) is 12.7 Å². The van der Waals surface area contributed by atoms with Crippen LogP contribution >= 0.6 is 11.6 Å². The van der Waals surface area contributed by atoms with Gasteiger partial charge in [-0.15, -0.1) is 0 Å². The summed E-state index contributed by atoms with van der Waals surface area (Å²) in [6.07, 6.45) is 6.37. The molecule has 3 fully saturated rings. The SMILES string of the molecule is Cc1ccc2ncc(F)c(CCC34CCC(NCc5cc6ccc(Cl)cc6n(C)c5=O)(CC3)CO4)c2n1. The molecule has 2 saturated heterocycles. The Kier molecular flexibility index (Phi) is 6.05. The molecule has 5 heterocycles. The number of benzene rings is 1. The zero-order chi connectivity index (χ0) is 25.8. The van der Waals surface area contributed by atoms with Gasteiger partial charge in [-0.3, -0.25) is 14.8 Å². The number of hydrogen-bond acceptors (Lipinski definition) is 5. The summed E-state index contributed by atoms with van der Waals surface area (Å²) in [5, 5.41) is 5.28. The highest BCUT2D eigenvalue weighted by molar-refractivity contribution is 6.31. The van der Waals surface area contributed by atoms with Crippen molar-refractivity contribution in [1.82, 2.24) is 19.9 Å². The zero-order valence-corrected chi connectivity index (χ0v) is 21.9. The number of nitrogens with one attached hydrogen (secondary N) is 1. The fourth-order valence-corrected chi connectivity index (χ4v) is 6.18. The van der Waals surface area contributed by atoms with Crippen LogP contribution in [0.15, 0.2) is 47.4 Å². The Hall–Kier alpha value is -2.87. The first-order valence-corrected chi connectivity index (χ1v) is 13.2. The molecule has 1 aromatic carbocycles. The summed E-state index contributed by atoms with van der Waals surface area (Å²) < 4.78 is 22.9. The lowest BCUT2D eigenvalue weighted by Crippen LogP contribution is -2.61. The van der Waals surface area contributed by atoms with E-state index in [2.05, 4.69) is 15.3 Å². The number of fused-ring (bicyclic) bond motifs is 5. The van der Waals surface area contributed by atoms with Crippen molar-refractivity contribution in [3.05, 3.63) is 80.6 Å². The van der Waals surface area contributed by atoms with E-state index < -0.39 is 0 Å². The summed E-state index contributed by atoms with van der Waals surface area (Å²) >= 11 is 6.13. The Morgan fingerprint density at radius 2 is 1.97 bits per heavy atom. The Morgan fingerprint density at radius 1 is 1.16 bits per heavy atom. The van der Waals surface area contributed by atoms with E-state index in [1.54, 1.807) is 11.6 Å². The van der Waals surface area contributed by atoms with Gasteiger partial charge < -0.3 is 14.6 Å². The third-order valence-electron chi connectivity index (χ3n) is 8.42. The average molecular weight is 521 g/mol. The fourth-order valence-electron chi connectivity index (χ4n) is 6.01. The fraction of sp³-hybridized carbons (Fsp3) is 0.414. The van der Waals surface area contributed by atoms with Gasteiger partial charge in [-0.25, -0.2) is 4.39 Å². The van der Waals surface area contributed by atoms with Gasteiger partial charge in [-0.05, 0) is 81.2 Å². The minimum Gasteiger partial charge on any atom is -0.373 e. The highest BCUT2D eigenvalue weighted by Crippen LogP contribution is 2.46. The van der Waals surface area contributed by atoms with Gasteiger partial charge in [0.1, 0.15) is 5.82 Å². The highest BCUT2D eigenvalue weighted by Gasteiger charge is 2.49. The second-order valence-electron chi connectivity index (χ2n) is 10.7. The minimum absolute atomic E-state index is 0.0176. The lowest BCUT2D eigenvalue weighted by Gasteiger charge is -2.53. The summed E-state index contributed by atoms with van der Waals surface area (Å²) in [6.45, 7) is 2.99. The molecule has 1 N–H and O–H groups in total. The lowest BCUT2D eigenvalue weighted by molar-refractivity contribution is -0.165. The number of halogens is 2. The number of rotatable bonds is 6. The van der Waals surface area contributed by atoms with Crippen molar-refractivity contribution in [2.75, 3.05) is 6.61 Å². The average Bonchev–Trinajstić information content (AvgIpc) is 2.91. The Balaban J connectivity index is 1.14. The molecule has 0 atom stereocenters. The first kappa shape index (κ1) is 24.5. The molecule has 2 aliphatic heterocycles. The van der Waals surface area contributed by atoms with Crippen LogP contribution in [0.3, 0.4) is 0 Å². The molecule has 0 radical (unpaired) electrons. The monoisotopic (exact) mass is 520 g/mol. The topological polar surface area (TPSA) is 69.0 Å². The molecule has 7 rings (SSSR count). The molecule has 0 unspecified atom stereocenters. The van der Waals surface area contributed by atoms with Crippen LogP contribution < -0.4 is 10.9 Å². The van der Waals surface area contributed by atoms with E-state index in [1.807, 2.05) is 43.3 Å². The molecule has 192 valence electrons. The minimum atomic E-state index is -0.302. The summed E-state index contributed by atoms with van der Waals surface area (Å²) in [4.78, 5) is 21.8. The summed E-state index contributed by atoms with van der Waals surface area (Å²) in [7, 11) is 1.78. The normalized spacial score (nSPS) is 23.2. The second-order valence-corrected chi connectivity index (χ2v) is 11.2. The molecule has 0 amide bonds. The lowest BCUT2D eigenvalue weighted by atomic mass is 9.69. The Bertz CT molecular complexity index is 1550. The van der Waals surface area contributed by atoms with Crippen LogP contribution in [-0.2, 0) is 24.8 Å². The molecule has 8 heteroatoms. The maximum absolute atomic E-state index is 14.8. The van der Waals surface area contributed by atoms with Gasteiger partial charge in [-0.1, -0.05) is 17.7 Å². The van der Waals surface area contributed by atoms with Crippen LogP contribution in [0.4, 0.5) is 4.39 Å². The maximum Gasteiger partial charge on any atom is 0.255 e. The Morgan fingerprint density at radius 3 is 2.73 bits per heavy atom. The molecule has 3 aliphatic rings. The van der Waals surface area contributed by atoms with Crippen molar-refractivity contribution in [3.8, 4) is 0 Å². The van der Waals surface area contributed by atoms with E-state index in [0.29, 0.717) is 35.7 Å². The second kappa shape index (κ2) is 9.15. The maximum atomic E-state index is 14.8. The van der Waals surface area contributed by atoms with Crippen LogP contribution in [0.25, 0.3) is 21.9 Å². The van der Waals surface area contributed by atoms with Gasteiger partial charge in [0.05, 0.1) is 35.0 Å². The summed E-state index contributed by atoms with van der Waals surface area (Å²) in [6, 6.07) is 11.4. The largest absolute Gasteiger partial charge is 0.373 e. The number of nitrogens with zero attached hydrogens (tertiary/aromatic N) is 3. The van der Waals surface area contributed by atoms with Gasteiger partial charge in [0, 0.05) is 41.0 Å². The third kappa shape index (κ3) is 4.43. The first-order valence-electron chi connectivity index (χ1n) is 12.8.